The van der Waals surface area contributed by atoms with Gasteiger partial charge in [0.15, 0.2) is 0 Å². The van der Waals surface area contributed by atoms with Crippen LogP contribution in [0.3, 0.4) is 0 Å². The van der Waals surface area contributed by atoms with Crippen molar-refractivity contribution in [2.45, 2.75) is 13.0 Å². The highest BCUT2D eigenvalue weighted by molar-refractivity contribution is 6.31. The summed E-state index contributed by atoms with van der Waals surface area (Å²) in [5.74, 6) is -0.120. The number of amides is 1. The molecule has 0 radical (unpaired) electrons. The molecule has 3 aromatic rings. The summed E-state index contributed by atoms with van der Waals surface area (Å²) in [5.41, 5.74) is 2.39. The van der Waals surface area contributed by atoms with Crippen LogP contribution in [0.5, 0.6) is 0 Å². The highest BCUT2D eigenvalue weighted by Gasteiger charge is 2.24. The number of carbonyl (C=O) groups is 1. The van der Waals surface area contributed by atoms with E-state index in [-0.39, 0.29) is 18.0 Å². The third-order valence-corrected chi connectivity index (χ3v) is 4.51. The molecule has 1 aliphatic heterocycles. The summed E-state index contributed by atoms with van der Waals surface area (Å²) in [6.07, 6.45) is 2.25. The Kier molecular flexibility index (Phi) is 3.58. The number of para-hydroxylation sites is 1. The quantitative estimate of drug-likeness (QED) is 0.721. The molecule has 0 saturated carbocycles. The molecule has 24 heavy (non-hydrogen) atoms. The molecule has 0 aliphatic carbocycles. The second kappa shape index (κ2) is 5.76. The zero-order chi connectivity index (χ0) is 16.7. The topological polar surface area (TPSA) is 55.2 Å². The van der Waals surface area contributed by atoms with E-state index in [2.05, 4.69) is 4.98 Å². The summed E-state index contributed by atoms with van der Waals surface area (Å²) < 4.78 is 1.34. The van der Waals surface area contributed by atoms with Gasteiger partial charge in [-0.15, -0.1) is 0 Å². The molecule has 6 heteroatoms. The van der Waals surface area contributed by atoms with Crippen molar-refractivity contribution in [3.05, 3.63) is 69.7 Å². The second-order valence-corrected chi connectivity index (χ2v) is 6.20. The lowest BCUT2D eigenvalue weighted by molar-refractivity contribution is -0.119. The minimum Gasteiger partial charge on any atom is -0.310 e. The zero-order valence-corrected chi connectivity index (χ0v) is 13.5. The van der Waals surface area contributed by atoms with Gasteiger partial charge in [-0.25, -0.2) is 4.98 Å². The second-order valence-electron chi connectivity index (χ2n) is 5.76. The van der Waals surface area contributed by atoms with Crippen LogP contribution in [0.4, 0.5) is 5.69 Å². The van der Waals surface area contributed by atoms with E-state index >= 15 is 0 Å². The molecule has 2 heterocycles. The standard InChI is InChI=1S/C18H14ClN3O2/c19-13-5-6-15-14(9-13)18(24)21(11-20-15)10-17(23)22-8-7-12-3-1-2-4-16(12)22/h1-6,9,11H,7-8,10H2. The molecule has 0 saturated heterocycles. The van der Waals surface area contributed by atoms with Gasteiger partial charge in [-0.05, 0) is 36.2 Å². The van der Waals surface area contributed by atoms with Crippen LogP contribution < -0.4 is 10.5 Å². The molecule has 5 nitrogen and oxygen atoms in total. The van der Waals surface area contributed by atoms with E-state index in [1.165, 1.54) is 10.9 Å². The van der Waals surface area contributed by atoms with Crippen LogP contribution in [0.2, 0.25) is 5.02 Å². The fourth-order valence-corrected chi connectivity index (χ4v) is 3.24. The number of rotatable bonds is 2. The van der Waals surface area contributed by atoms with E-state index in [9.17, 15) is 9.59 Å². The van der Waals surface area contributed by atoms with Gasteiger partial charge in [0, 0.05) is 17.3 Å². The van der Waals surface area contributed by atoms with Gasteiger partial charge in [0.2, 0.25) is 5.91 Å². The van der Waals surface area contributed by atoms with Gasteiger partial charge >= 0.3 is 0 Å². The van der Waals surface area contributed by atoms with E-state index in [1.807, 2.05) is 24.3 Å². The molecule has 1 amide bonds. The number of hydrogen-bond acceptors (Lipinski definition) is 3. The number of carbonyl (C=O) groups excluding carboxylic acids is 1. The van der Waals surface area contributed by atoms with Gasteiger partial charge in [0.05, 0.1) is 17.2 Å². The molecular formula is C18H14ClN3O2. The number of anilines is 1. The van der Waals surface area contributed by atoms with Gasteiger partial charge in [-0.3, -0.25) is 14.2 Å². The van der Waals surface area contributed by atoms with Gasteiger partial charge in [-0.2, -0.15) is 0 Å². The van der Waals surface area contributed by atoms with E-state index in [0.717, 1.165) is 17.7 Å². The summed E-state index contributed by atoms with van der Waals surface area (Å²) in [6.45, 7) is 0.600. The lowest BCUT2D eigenvalue weighted by atomic mass is 10.2. The predicted octanol–water partition coefficient (Wildman–Crippen LogP) is 2.64. The Bertz CT molecular complexity index is 1010. The molecule has 120 valence electrons. The SMILES string of the molecule is O=C(Cn1cnc2ccc(Cl)cc2c1=O)N1CCc2ccccc21. The first kappa shape index (κ1) is 14.9. The molecule has 0 bridgehead atoms. The highest BCUT2D eigenvalue weighted by atomic mass is 35.5. The molecule has 0 fully saturated rings. The van der Waals surface area contributed by atoms with Crippen molar-refractivity contribution in [1.29, 1.82) is 0 Å². The Morgan fingerprint density at radius 3 is 2.92 bits per heavy atom. The van der Waals surface area contributed by atoms with Crippen LogP contribution in [0.15, 0.2) is 53.6 Å². The first-order chi connectivity index (χ1) is 11.6. The summed E-state index contributed by atoms with van der Waals surface area (Å²) in [5, 5.41) is 0.888. The van der Waals surface area contributed by atoms with Crippen molar-refractivity contribution >= 4 is 34.1 Å². The maximum Gasteiger partial charge on any atom is 0.261 e. The summed E-state index contributed by atoms with van der Waals surface area (Å²) in [4.78, 5) is 31.2. The molecule has 1 aliphatic rings. The normalized spacial score (nSPS) is 13.3. The number of nitrogens with zero attached hydrogens (tertiary/aromatic N) is 3. The number of hydrogen-bond donors (Lipinski definition) is 0. The van der Waals surface area contributed by atoms with Crippen LogP contribution in [0, 0.1) is 0 Å². The summed E-state index contributed by atoms with van der Waals surface area (Å²) in [7, 11) is 0. The Labute approximate surface area is 143 Å². The highest BCUT2D eigenvalue weighted by Crippen LogP contribution is 2.27. The van der Waals surface area contributed by atoms with Crippen molar-refractivity contribution in [2.75, 3.05) is 11.4 Å². The van der Waals surface area contributed by atoms with Crippen LogP contribution in [-0.4, -0.2) is 22.0 Å². The van der Waals surface area contributed by atoms with Crippen LogP contribution in [0.1, 0.15) is 5.56 Å². The minimum absolute atomic E-state index is 0.0391. The lowest BCUT2D eigenvalue weighted by Gasteiger charge is -2.18. The van der Waals surface area contributed by atoms with Gasteiger partial charge < -0.3 is 4.90 Å². The average Bonchev–Trinajstić information content (AvgIpc) is 3.02. The molecule has 4 rings (SSSR count). The van der Waals surface area contributed by atoms with Crippen molar-refractivity contribution in [3.63, 3.8) is 0 Å². The molecule has 0 atom stereocenters. The van der Waals surface area contributed by atoms with Crippen molar-refractivity contribution in [3.8, 4) is 0 Å². The van der Waals surface area contributed by atoms with E-state index in [0.29, 0.717) is 22.5 Å². The molecular weight excluding hydrogens is 326 g/mol. The molecule has 2 aromatic carbocycles. The third-order valence-electron chi connectivity index (χ3n) is 4.28. The largest absolute Gasteiger partial charge is 0.310 e. The van der Waals surface area contributed by atoms with Crippen LogP contribution in [-0.2, 0) is 17.8 Å². The zero-order valence-electron chi connectivity index (χ0n) is 12.8. The Morgan fingerprint density at radius 1 is 1.21 bits per heavy atom. The van der Waals surface area contributed by atoms with Crippen molar-refractivity contribution in [2.24, 2.45) is 0 Å². The Morgan fingerprint density at radius 2 is 2.04 bits per heavy atom. The van der Waals surface area contributed by atoms with Crippen LogP contribution >= 0.6 is 11.6 Å². The molecule has 0 unspecified atom stereocenters. The first-order valence-corrected chi connectivity index (χ1v) is 8.04. The van der Waals surface area contributed by atoms with E-state index in [1.54, 1.807) is 23.1 Å². The predicted molar refractivity (Wildman–Crippen MR) is 93.5 cm³/mol. The van der Waals surface area contributed by atoms with Gasteiger partial charge in [-0.1, -0.05) is 29.8 Å². The number of aromatic nitrogens is 2. The van der Waals surface area contributed by atoms with Crippen molar-refractivity contribution < 1.29 is 4.79 Å². The van der Waals surface area contributed by atoms with Crippen molar-refractivity contribution in [1.82, 2.24) is 9.55 Å². The Hall–Kier alpha value is -2.66. The average molecular weight is 340 g/mol. The maximum atomic E-state index is 12.6. The first-order valence-electron chi connectivity index (χ1n) is 7.66. The molecule has 0 spiro atoms. The fraction of sp³-hybridized carbons (Fsp3) is 0.167. The van der Waals surface area contributed by atoms with Gasteiger partial charge in [0.25, 0.3) is 5.56 Å². The van der Waals surface area contributed by atoms with E-state index < -0.39 is 0 Å². The number of fused-ring (bicyclic) bond motifs is 2. The third kappa shape index (κ3) is 2.47. The Balaban J connectivity index is 1.67. The number of benzene rings is 2. The monoisotopic (exact) mass is 339 g/mol. The van der Waals surface area contributed by atoms with Gasteiger partial charge in [0.1, 0.15) is 6.54 Å². The minimum atomic E-state index is -0.261. The van der Waals surface area contributed by atoms with Crippen LogP contribution in [0.25, 0.3) is 10.9 Å². The summed E-state index contributed by atoms with van der Waals surface area (Å²) in [6, 6.07) is 12.8. The lowest BCUT2D eigenvalue weighted by Crippen LogP contribution is -2.35. The maximum absolute atomic E-state index is 12.6. The molecule has 0 N–H and O–H groups in total. The fourth-order valence-electron chi connectivity index (χ4n) is 3.07. The van der Waals surface area contributed by atoms with E-state index in [4.69, 9.17) is 11.6 Å². The molecule has 1 aromatic heterocycles. The summed E-state index contributed by atoms with van der Waals surface area (Å²) >= 11 is 5.96. The number of halogens is 1. The smallest absolute Gasteiger partial charge is 0.261 e.